The Morgan fingerprint density at radius 2 is 1.58 bits per heavy atom. The fraction of sp³-hybridized carbons (Fsp3) is 0.150. The van der Waals surface area contributed by atoms with Gasteiger partial charge in [-0.05, 0) is 11.6 Å². The van der Waals surface area contributed by atoms with Gasteiger partial charge in [-0.2, -0.15) is 0 Å². The summed E-state index contributed by atoms with van der Waals surface area (Å²) in [6.07, 6.45) is 1.20. The lowest BCUT2D eigenvalue weighted by atomic mass is 9.98. The van der Waals surface area contributed by atoms with Crippen LogP contribution < -0.4 is 9.04 Å². The second-order valence-corrected chi connectivity index (χ2v) is 8.03. The Morgan fingerprint density at radius 3 is 2.19 bits per heavy atom. The van der Waals surface area contributed by atoms with Crippen molar-refractivity contribution in [3.63, 3.8) is 0 Å². The molecule has 1 aliphatic heterocycles. The van der Waals surface area contributed by atoms with Crippen LogP contribution in [-0.4, -0.2) is 32.8 Å². The molecule has 0 fully saturated rings. The number of hydrogen-bond donors (Lipinski definition) is 0. The van der Waals surface area contributed by atoms with E-state index >= 15 is 0 Å². The zero-order valence-corrected chi connectivity index (χ0v) is 15.1. The largest absolute Gasteiger partial charge is 0.474 e. The highest BCUT2D eigenvalue weighted by molar-refractivity contribution is 7.92. The summed E-state index contributed by atoms with van der Waals surface area (Å²) in [5.74, 6) is 0.347. The van der Waals surface area contributed by atoms with Crippen molar-refractivity contribution in [3.05, 3.63) is 66.7 Å². The molecule has 3 aromatic rings. The minimum absolute atomic E-state index is 0.284. The minimum Gasteiger partial charge on any atom is -0.474 e. The van der Waals surface area contributed by atoms with E-state index in [-0.39, 0.29) is 13.2 Å². The number of pyridine rings is 1. The lowest BCUT2D eigenvalue weighted by molar-refractivity contribution is 0.304. The molecule has 26 heavy (non-hydrogen) atoms. The van der Waals surface area contributed by atoms with E-state index in [4.69, 9.17) is 9.72 Å². The van der Waals surface area contributed by atoms with Gasteiger partial charge >= 0.3 is 0 Å². The van der Waals surface area contributed by atoms with Gasteiger partial charge in [-0.15, -0.1) is 0 Å². The molecule has 0 amide bonds. The van der Waals surface area contributed by atoms with E-state index in [1.165, 1.54) is 10.6 Å². The Morgan fingerprint density at radius 1 is 0.962 bits per heavy atom. The van der Waals surface area contributed by atoms with Crippen molar-refractivity contribution in [2.24, 2.45) is 0 Å². The topological polar surface area (TPSA) is 59.5 Å². The third kappa shape index (κ3) is 3.04. The van der Waals surface area contributed by atoms with E-state index in [0.29, 0.717) is 11.6 Å². The molecule has 6 heteroatoms. The monoisotopic (exact) mass is 366 g/mol. The molecule has 2 aromatic carbocycles. The summed E-state index contributed by atoms with van der Waals surface area (Å²) in [4.78, 5) is 4.70. The van der Waals surface area contributed by atoms with Crippen LogP contribution in [0.15, 0.2) is 66.7 Å². The highest BCUT2D eigenvalue weighted by Gasteiger charge is 2.28. The van der Waals surface area contributed by atoms with Crippen LogP contribution in [0, 0.1) is 0 Å². The predicted molar refractivity (Wildman–Crippen MR) is 103 cm³/mol. The zero-order chi connectivity index (χ0) is 18.1. The maximum absolute atomic E-state index is 12.2. The number of aromatic nitrogens is 1. The molecule has 0 saturated heterocycles. The Balaban J connectivity index is 1.98. The zero-order valence-electron chi connectivity index (χ0n) is 14.3. The predicted octanol–water partition coefficient (Wildman–Crippen LogP) is 3.57. The van der Waals surface area contributed by atoms with Crippen molar-refractivity contribution >= 4 is 15.7 Å². The lowest BCUT2D eigenvalue weighted by Gasteiger charge is -2.29. The molecule has 1 aliphatic rings. The first-order valence-corrected chi connectivity index (χ1v) is 10.2. The molecule has 5 nitrogen and oxygen atoms in total. The van der Waals surface area contributed by atoms with Gasteiger partial charge in [0.25, 0.3) is 0 Å². The molecular weight excluding hydrogens is 348 g/mol. The molecule has 0 unspecified atom stereocenters. The van der Waals surface area contributed by atoms with Crippen LogP contribution in [-0.2, 0) is 10.0 Å². The van der Waals surface area contributed by atoms with Crippen molar-refractivity contribution < 1.29 is 13.2 Å². The Kier molecular flexibility index (Phi) is 4.12. The van der Waals surface area contributed by atoms with Crippen LogP contribution in [0.25, 0.3) is 22.4 Å². The number of fused-ring (bicyclic) bond motifs is 1. The molecule has 0 aliphatic carbocycles. The summed E-state index contributed by atoms with van der Waals surface area (Å²) < 4.78 is 31.4. The summed E-state index contributed by atoms with van der Waals surface area (Å²) in [5, 5.41) is 0. The van der Waals surface area contributed by atoms with E-state index in [1.807, 2.05) is 66.7 Å². The van der Waals surface area contributed by atoms with Crippen LogP contribution in [0.4, 0.5) is 5.69 Å². The number of rotatable bonds is 3. The molecule has 0 radical (unpaired) electrons. The highest BCUT2D eigenvalue weighted by atomic mass is 32.2. The van der Waals surface area contributed by atoms with Gasteiger partial charge in [-0.3, -0.25) is 4.31 Å². The van der Waals surface area contributed by atoms with Crippen LogP contribution >= 0.6 is 0 Å². The lowest BCUT2D eigenvalue weighted by Crippen LogP contribution is -2.37. The van der Waals surface area contributed by atoms with Gasteiger partial charge in [-0.25, -0.2) is 13.4 Å². The molecule has 0 N–H and O–H groups in total. The molecule has 0 spiro atoms. The van der Waals surface area contributed by atoms with Gasteiger partial charge in [0.05, 0.1) is 18.5 Å². The summed E-state index contributed by atoms with van der Waals surface area (Å²) in [6, 6.07) is 21.5. The van der Waals surface area contributed by atoms with Gasteiger partial charge in [0.2, 0.25) is 15.9 Å². The van der Waals surface area contributed by atoms with E-state index in [2.05, 4.69) is 0 Å². The first kappa shape index (κ1) is 16.6. The smallest absolute Gasteiger partial charge is 0.239 e. The number of hydrogen-bond acceptors (Lipinski definition) is 4. The van der Waals surface area contributed by atoms with E-state index in [0.717, 1.165) is 22.4 Å². The van der Waals surface area contributed by atoms with Crippen molar-refractivity contribution in [2.45, 2.75) is 0 Å². The normalized spacial score (nSPS) is 13.8. The van der Waals surface area contributed by atoms with Crippen molar-refractivity contribution in [1.29, 1.82) is 0 Å². The van der Waals surface area contributed by atoms with Crippen LogP contribution in [0.3, 0.4) is 0 Å². The van der Waals surface area contributed by atoms with Crippen molar-refractivity contribution in [1.82, 2.24) is 4.98 Å². The molecule has 0 atom stereocenters. The Labute approximate surface area is 152 Å². The minimum atomic E-state index is -3.40. The molecule has 0 saturated carbocycles. The molecule has 132 valence electrons. The molecule has 1 aromatic heterocycles. The highest BCUT2D eigenvalue weighted by Crippen LogP contribution is 2.40. The number of nitrogens with zero attached hydrogens (tertiary/aromatic N) is 2. The van der Waals surface area contributed by atoms with Gasteiger partial charge in [0, 0.05) is 11.1 Å². The van der Waals surface area contributed by atoms with Gasteiger partial charge in [-0.1, -0.05) is 60.7 Å². The molecular formula is C20H18N2O3S. The number of ether oxygens (including phenoxy) is 1. The van der Waals surface area contributed by atoms with E-state index in [9.17, 15) is 8.42 Å². The number of anilines is 1. The van der Waals surface area contributed by atoms with Crippen LogP contribution in [0.2, 0.25) is 0 Å². The van der Waals surface area contributed by atoms with Crippen LogP contribution in [0.1, 0.15) is 0 Å². The molecule has 2 heterocycles. The Bertz CT molecular complexity index is 1040. The van der Waals surface area contributed by atoms with Gasteiger partial charge < -0.3 is 4.74 Å². The van der Waals surface area contributed by atoms with E-state index in [1.54, 1.807) is 0 Å². The first-order chi connectivity index (χ1) is 12.5. The van der Waals surface area contributed by atoms with Crippen molar-refractivity contribution in [3.8, 4) is 28.3 Å². The maximum atomic E-state index is 12.2. The average molecular weight is 366 g/mol. The summed E-state index contributed by atoms with van der Waals surface area (Å²) in [5.41, 5.74) is 4.05. The number of benzene rings is 2. The SMILES string of the molecule is CS(=O)(=O)N1CCOc2nc(-c3ccccc3)c(-c3ccccc3)cc21. The molecule has 0 bridgehead atoms. The van der Waals surface area contributed by atoms with E-state index < -0.39 is 10.0 Å². The quantitative estimate of drug-likeness (QED) is 0.711. The van der Waals surface area contributed by atoms with Crippen molar-refractivity contribution in [2.75, 3.05) is 23.7 Å². The van der Waals surface area contributed by atoms with Crippen LogP contribution in [0.5, 0.6) is 5.88 Å². The average Bonchev–Trinajstić information content (AvgIpc) is 2.67. The van der Waals surface area contributed by atoms with Gasteiger partial charge in [0.1, 0.15) is 12.3 Å². The Hall–Kier alpha value is -2.86. The fourth-order valence-electron chi connectivity index (χ4n) is 3.11. The third-order valence-corrected chi connectivity index (χ3v) is 5.48. The second kappa shape index (κ2) is 6.46. The third-order valence-electron chi connectivity index (χ3n) is 4.30. The second-order valence-electron chi connectivity index (χ2n) is 6.12. The summed E-state index contributed by atoms with van der Waals surface area (Å²) in [7, 11) is -3.40. The molecule has 4 rings (SSSR count). The summed E-state index contributed by atoms with van der Waals surface area (Å²) >= 11 is 0. The summed E-state index contributed by atoms with van der Waals surface area (Å²) in [6.45, 7) is 0.568. The fourth-order valence-corrected chi connectivity index (χ4v) is 4.01. The first-order valence-electron chi connectivity index (χ1n) is 8.30. The maximum Gasteiger partial charge on any atom is 0.239 e. The number of sulfonamides is 1. The van der Waals surface area contributed by atoms with Gasteiger partial charge in [0.15, 0.2) is 0 Å². The standard InChI is InChI=1S/C20H18N2O3S/c1-26(23,24)22-12-13-25-20-18(22)14-17(15-8-4-2-5-9-15)19(21-20)16-10-6-3-7-11-16/h2-11,14H,12-13H2,1H3.